The van der Waals surface area contributed by atoms with Gasteiger partial charge in [0.1, 0.15) is 5.60 Å². The minimum atomic E-state index is -0.582. The van der Waals surface area contributed by atoms with E-state index in [1.54, 1.807) is 13.8 Å². The van der Waals surface area contributed by atoms with Gasteiger partial charge in [0.25, 0.3) is 0 Å². The molecule has 2 heteroatoms. The highest BCUT2D eigenvalue weighted by Crippen LogP contribution is 2.11. The third-order valence-corrected chi connectivity index (χ3v) is 1.66. The Labute approximate surface area is 74.5 Å². The van der Waals surface area contributed by atoms with Gasteiger partial charge < -0.3 is 0 Å². The van der Waals surface area contributed by atoms with Crippen molar-refractivity contribution in [3.05, 3.63) is 24.8 Å². The molecule has 0 aliphatic rings. The van der Waals surface area contributed by atoms with E-state index in [0.717, 1.165) is 6.42 Å². The first-order valence-corrected chi connectivity index (χ1v) is 4.14. The molecule has 0 saturated heterocycles. The highest BCUT2D eigenvalue weighted by atomic mass is 17.1. The smallest absolute Gasteiger partial charge is 0.116 e. The molecule has 0 rings (SSSR count). The van der Waals surface area contributed by atoms with E-state index in [1.807, 2.05) is 18.2 Å². The lowest BCUT2D eigenvalue weighted by atomic mass is 10.0. The second-order valence-corrected chi connectivity index (χ2v) is 3.55. The van der Waals surface area contributed by atoms with E-state index in [4.69, 9.17) is 5.26 Å². The molecule has 12 heavy (non-hydrogen) atoms. The van der Waals surface area contributed by atoms with Gasteiger partial charge in [0, 0.05) is 0 Å². The van der Waals surface area contributed by atoms with E-state index in [0.29, 0.717) is 5.92 Å². The van der Waals surface area contributed by atoms with Crippen molar-refractivity contribution in [2.75, 3.05) is 0 Å². The van der Waals surface area contributed by atoms with Crippen LogP contribution in [0.2, 0.25) is 0 Å². The van der Waals surface area contributed by atoms with E-state index >= 15 is 0 Å². The van der Waals surface area contributed by atoms with Crippen LogP contribution >= 0.6 is 0 Å². The second-order valence-electron chi connectivity index (χ2n) is 3.55. The van der Waals surface area contributed by atoms with Crippen LogP contribution in [0.1, 0.15) is 27.2 Å². The van der Waals surface area contributed by atoms with Crippen molar-refractivity contribution in [2.45, 2.75) is 32.8 Å². The highest BCUT2D eigenvalue weighted by Gasteiger charge is 2.12. The van der Waals surface area contributed by atoms with Crippen LogP contribution in [0.15, 0.2) is 24.8 Å². The van der Waals surface area contributed by atoms with Gasteiger partial charge in [-0.15, -0.1) is 6.58 Å². The molecule has 70 valence electrons. The lowest BCUT2D eigenvalue weighted by Gasteiger charge is -2.14. The van der Waals surface area contributed by atoms with E-state index in [1.165, 1.54) is 0 Å². The molecule has 0 aliphatic heterocycles. The fraction of sp³-hybridized carbons (Fsp3) is 0.600. The van der Waals surface area contributed by atoms with Gasteiger partial charge in [0.2, 0.25) is 0 Å². The van der Waals surface area contributed by atoms with E-state index in [-0.39, 0.29) is 0 Å². The predicted octanol–water partition coefficient (Wildman–Crippen LogP) is 3.02. The van der Waals surface area contributed by atoms with Crippen molar-refractivity contribution in [1.82, 2.24) is 0 Å². The quantitative estimate of drug-likeness (QED) is 0.390. The predicted molar refractivity (Wildman–Crippen MR) is 50.9 cm³/mol. The maximum atomic E-state index is 8.45. The summed E-state index contributed by atoms with van der Waals surface area (Å²) in [6, 6.07) is 0. The zero-order valence-corrected chi connectivity index (χ0v) is 8.08. The minimum absolute atomic E-state index is 0.468. The molecule has 1 unspecified atom stereocenters. The van der Waals surface area contributed by atoms with Gasteiger partial charge in [0.15, 0.2) is 0 Å². The summed E-state index contributed by atoms with van der Waals surface area (Å²) in [5.74, 6) is 0.468. The summed E-state index contributed by atoms with van der Waals surface area (Å²) >= 11 is 0. The van der Waals surface area contributed by atoms with Gasteiger partial charge in [-0.3, -0.25) is 5.26 Å². The molecule has 1 N–H and O–H groups in total. The third kappa shape index (κ3) is 5.10. The van der Waals surface area contributed by atoms with Crippen LogP contribution in [-0.2, 0) is 4.89 Å². The lowest BCUT2D eigenvalue weighted by molar-refractivity contribution is -0.297. The van der Waals surface area contributed by atoms with Crippen molar-refractivity contribution >= 4 is 0 Å². The molecule has 0 spiro atoms. The molecule has 0 fully saturated rings. The van der Waals surface area contributed by atoms with E-state index in [9.17, 15) is 0 Å². The van der Waals surface area contributed by atoms with Crippen molar-refractivity contribution in [2.24, 2.45) is 5.92 Å². The monoisotopic (exact) mass is 170 g/mol. The largest absolute Gasteiger partial charge is 0.251 e. The zero-order valence-electron chi connectivity index (χ0n) is 8.08. The van der Waals surface area contributed by atoms with Crippen LogP contribution in [0, 0.1) is 5.92 Å². The van der Waals surface area contributed by atoms with Gasteiger partial charge in [-0.1, -0.05) is 25.2 Å². The normalized spacial score (nSPS) is 15.0. The molecule has 0 bridgehead atoms. The molecule has 2 nitrogen and oxygen atoms in total. The summed E-state index contributed by atoms with van der Waals surface area (Å²) in [4.78, 5) is 4.24. The van der Waals surface area contributed by atoms with E-state index < -0.39 is 5.60 Å². The van der Waals surface area contributed by atoms with Crippen LogP contribution in [0.5, 0.6) is 0 Å². The summed E-state index contributed by atoms with van der Waals surface area (Å²) in [5, 5.41) is 8.45. The Morgan fingerprint density at radius 3 is 2.58 bits per heavy atom. The standard InChI is InChI=1S/C10H18O2/c1-5-9(2)7-6-8-10(3,4)12-11/h5-6,8-9,11H,1,7H2,2-4H3. The topological polar surface area (TPSA) is 29.5 Å². The summed E-state index contributed by atoms with van der Waals surface area (Å²) in [5.41, 5.74) is -0.582. The first-order valence-electron chi connectivity index (χ1n) is 4.14. The molecule has 0 aromatic heterocycles. The maximum absolute atomic E-state index is 8.45. The molecule has 1 atom stereocenters. The molecule has 0 saturated carbocycles. The van der Waals surface area contributed by atoms with Crippen molar-refractivity contribution < 1.29 is 10.1 Å². The van der Waals surface area contributed by atoms with E-state index in [2.05, 4.69) is 18.4 Å². The van der Waals surface area contributed by atoms with Crippen LogP contribution in [0.4, 0.5) is 0 Å². The molecular formula is C10H18O2. The Morgan fingerprint density at radius 1 is 1.58 bits per heavy atom. The maximum Gasteiger partial charge on any atom is 0.116 e. The highest BCUT2D eigenvalue weighted by molar-refractivity contribution is 4.97. The molecule has 0 heterocycles. The van der Waals surface area contributed by atoms with Gasteiger partial charge in [-0.2, -0.15) is 0 Å². The van der Waals surface area contributed by atoms with Gasteiger partial charge in [0.05, 0.1) is 0 Å². The molecule has 0 aliphatic carbocycles. The van der Waals surface area contributed by atoms with Gasteiger partial charge in [-0.05, 0) is 26.2 Å². The summed E-state index contributed by atoms with van der Waals surface area (Å²) in [6.45, 7) is 9.36. The number of rotatable bonds is 5. The Morgan fingerprint density at radius 2 is 2.17 bits per heavy atom. The minimum Gasteiger partial charge on any atom is -0.251 e. The van der Waals surface area contributed by atoms with Gasteiger partial charge in [-0.25, -0.2) is 4.89 Å². The molecule has 0 amide bonds. The Hall–Kier alpha value is -0.600. The molecule has 0 radical (unpaired) electrons. The number of hydrogen-bond acceptors (Lipinski definition) is 2. The Bertz CT molecular complexity index is 159. The summed E-state index contributed by atoms with van der Waals surface area (Å²) in [7, 11) is 0. The van der Waals surface area contributed by atoms with Crippen LogP contribution in [0.25, 0.3) is 0 Å². The van der Waals surface area contributed by atoms with Crippen LogP contribution in [-0.4, -0.2) is 10.9 Å². The SMILES string of the molecule is C=CC(C)CC=CC(C)(C)OO. The van der Waals surface area contributed by atoms with Crippen LogP contribution < -0.4 is 0 Å². The van der Waals surface area contributed by atoms with Gasteiger partial charge >= 0.3 is 0 Å². The lowest BCUT2D eigenvalue weighted by Crippen LogP contribution is -2.18. The van der Waals surface area contributed by atoms with Crippen molar-refractivity contribution in [1.29, 1.82) is 0 Å². The fourth-order valence-corrected chi connectivity index (χ4v) is 0.693. The van der Waals surface area contributed by atoms with Crippen LogP contribution in [0.3, 0.4) is 0 Å². The second kappa shape index (κ2) is 5.12. The zero-order chi connectivity index (χ0) is 9.61. The summed E-state index contributed by atoms with van der Waals surface area (Å²) < 4.78 is 0. The van der Waals surface area contributed by atoms with Crippen molar-refractivity contribution in [3.8, 4) is 0 Å². The third-order valence-electron chi connectivity index (χ3n) is 1.66. The first kappa shape index (κ1) is 11.4. The average molecular weight is 170 g/mol. The first-order chi connectivity index (χ1) is 5.52. The average Bonchev–Trinajstić information content (AvgIpc) is 2.04. The number of hydrogen-bond donors (Lipinski definition) is 1. The number of allylic oxidation sites excluding steroid dienone is 2. The fourth-order valence-electron chi connectivity index (χ4n) is 0.693. The Balaban J connectivity index is 3.83. The molecule has 0 aromatic rings. The molecular weight excluding hydrogens is 152 g/mol. The molecule has 0 aromatic carbocycles. The Kier molecular flexibility index (Phi) is 4.86. The summed E-state index contributed by atoms with van der Waals surface area (Å²) in [6.07, 6.45) is 6.66. The van der Waals surface area contributed by atoms with Crippen molar-refractivity contribution in [3.63, 3.8) is 0 Å².